The molecule has 2 heterocycles. The van der Waals surface area contributed by atoms with Crippen molar-refractivity contribution in [2.75, 3.05) is 11.1 Å². The van der Waals surface area contributed by atoms with Gasteiger partial charge in [0, 0.05) is 5.57 Å². The van der Waals surface area contributed by atoms with Crippen molar-refractivity contribution in [3.05, 3.63) is 66.4 Å². The number of hydrogen-bond acceptors (Lipinski definition) is 8. The van der Waals surface area contributed by atoms with Crippen molar-refractivity contribution in [1.29, 1.82) is 0 Å². The maximum absolute atomic E-state index is 11.7. The van der Waals surface area contributed by atoms with Crippen LogP contribution in [0.5, 0.6) is 5.75 Å². The van der Waals surface area contributed by atoms with Crippen LogP contribution in [0, 0.1) is 0 Å². The Balaban J connectivity index is 1.54. The van der Waals surface area contributed by atoms with Gasteiger partial charge in [0.05, 0.1) is 23.5 Å². The molecule has 0 fully saturated rings. The number of ether oxygens (including phenoxy) is 1. The van der Waals surface area contributed by atoms with Crippen molar-refractivity contribution in [3.63, 3.8) is 0 Å². The zero-order valence-electron chi connectivity index (χ0n) is 17.4. The summed E-state index contributed by atoms with van der Waals surface area (Å²) >= 11 is 0. The van der Waals surface area contributed by atoms with E-state index in [9.17, 15) is 4.79 Å². The van der Waals surface area contributed by atoms with E-state index in [4.69, 9.17) is 14.9 Å². The molecule has 1 aliphatic rings. The first-order chi connectivity index (χ1) is 14.8. The van der Waals surface area contributed by atoms with Gasteiger partial charge < -0.3 is 20.2 Å². The number of nitrogens with two attached hydrogens (primary N) is 1. The summed E-state index contributed by atoms with van der Waals surface area (Å²) in [5, 5.41) is 7.54. The van der Waals surface area contributed by atoms with E-state index in [-0.39, 0.29) is 17.5 Å². The molecular formula is C22H22N6O3. The molecule has 3 aromatic rings. The number of anilines is 2. The van der Waals surface area contributed by atoms with Gasteiger partial charge in [-0.25, -0.2) is 9.78 Å². The molecule has 158 valence electrons. The zero-order chi connectivity index (χ0) is 22.0. The van der Waals surface area contributed by atoms with Crippen LogP contribution in [0.15, 0.2) is 65.1 Å². The Labute approximate surface area is 178 Å². The normalized spacial score (nSPS) is 16.0. The van der Waals surface area contributed by atoms with Crippen LogP contribution in [-0.4, -0.2) is 37.3 Å². The highest BCUT2D eigenvalue weighted by molar-refractivity contribution is 5.90. The predicted octanol–water partition coefficient (Wildman–Crippen LogP) is 3.21. The highest BCUT2D eigenvalue weighted by Crippen LogP contribution is 2.29. The van der Waals surface area contributed by atoms with E-state index in [1.807, 2.05) is 57.1 Å². The SMILES string of the molecule is CC(C)(C)Oc1ccc(-n2nc(NC3C=CC=C(c4cnco4)C3=C=O)nc2N)cc1. The summed E-state index contributed by atoms with van der Waals surface area (Å²) in [4.78, 5) is 19.8. The van der Waals surface area contributed by atoms with E-state index in [0.717, 1.165) is 11.4 Å². The van der Waals surface area contributed by atoms with Crippen LogP contribution >= 0.6 is 0 Å². The zero-order valence-corrected chi connectivity index (χ0v) is 17.4. The van der Waals surface area contributed by atoms with E-state index in [0.29, 0.717) is 16.9 Å². The van der Waals surface area contributed by atoms with E-state index >= 15 is 0 Å². The van der Waals surface area contributed by atoms with Crippen LogP contribution in [0.2, 0.25) is 0 Å². The third-order valence-corrected chi connectivity index (χ3v) is 4.40. The lowest BCUT2D eigenvalue weighted by Crippen LogP contribution is -2.23. The second-order valence-corrected chi connectivity index (χ2v) is 7.88. The monoisotopic (exact) mass is 418 g/mol. The highest BCUT2D eigenvalue weighted by atomic mass is 16.5. The maximum Gasteiger partial charge on any atom is 0.245 e. The van der Waals surface area contributed by atoms with Crippen molar-refractivity contribution < 1.29 is 13.9 Å². The number of hydrogen-bond donors (Lipinski definition) is 2. The molecule has 0 bridgehead atoms. The van der Waals surface area contributed by atoms with Gasteiger partial charge in [-0.2, -0.15) is 9.67 Å². The van der Waals surface area contributed by atoms with Gasteiger partial charge >= 0.3 is 0 Å². The first-order valence-corrected chi connectivity index (χ1v) is 9.65. The molecule has 3 N–H and O–H groups in total. The van der Waals surface area contributed by atoms with Crippen LogP contribution in [0.4, 0.5) is 11.9 Å². The summed E-state index contributed by atoms with van der Waals surface area (Å²) in [6.45, 7) is 5.96. The Bertz CT molecular complexity index is 1180. The molecule has 0 spiro atoms. The molecule has 0 aliphatic heterocycles. The Kier molecular flexibility index (Phi) is 5.19. The number of rotatable bonds is 5. The van der Waals surface area contributed by atoms with Crippen molar-refractivity contribution in [2.24, 2.45) is 0 Å². The number of oxazole rings is 1. The molecule has 9 nitrogen and oxygen atoms in total. The molecule has 0 radical (unpaired) electrons. The van der Waals surface area contributed by atoms with Crippen molar-refractivity contribution in [2.45, 2.75) is 32.4 Å². The lowest BCUT2D eigenvalue weighted by Gasteiger charge is -2.21. The van der Waals surface area contributed by atoms with Crippen LogP contribution in [0.1, 0.15) is 26.5 Å². The van der Waals surface area contributed by atoms with E-state index in [1.165, 1.54) is 17.3 Å². The molecule has 1 atom stereocenters. The van der Waals surface area contributed by atoms with Crippen LogP contribution in [-0.2, 0) is 4.79 Å². The minimum atomic E-state index is -0.500. The fraction of sp³-hybridized carbons (Fsp3) is 0.227. The summed E-state index contributed by atoms with van der Waals surface area (Å²) in [7, 11) is 0. The molecule has 4 rings (SSSR count). The summed E-state index contributed by atoms with van der Waals surface area (Å²) in [6.07, 6.45) is 8.22. The molecule has 1 aliphatic carbocycles. The minimum absolute atomic E-state index is 0.203. The quantitative estimate of drug-likeness (QED) is 0.606. The molecule has 1 unspecified atom stereocenters. The lowest BCUT2D eigenvalue weighted by atomic mass is 9.93. The Morgan fingerprint density at radius 2 is 2.03 bits per heavy atom. The number of allylic oxidation sites excluding steroid dienone is 2. The summed E-state index contributed by atoms with van der Waals surface area (Å²) in [5.41, 5.74) is 7.46. The van der Waals surface area contributed by atoms with Gasteiger partial charge in [0.15, 0.2) is 12.2 Å². The lowest BCUT2D eigenvalue weighted by molar-refractivity contribution is 0.131. The molecule has 31 heavy (non-hydrogen) atoms. The van der Waals surface area contributed by atoms with E-state index < -0.39 is 6.04 Å². The summed E-state index contributed by atoms with van der Waals surface area (Å²) in [6, 6.07) is 6.89. The van der Waals surface area contributed by atoms with Crippen molar-refractivity contribution in [1.82, 2.24) is 19.7 Å². The third-order valence-electron chi connectivity index (χ3n) is 4.40. The molecule has 0 saturated carbocycles. The minimum Gasteiger partial charge on any atom is -0.488 e. The van der Waals surface area contributed by atoms with Gasteiger partial charge in [-0.05, 0) is 45.0 Å². The number of benzene rings is 1. The van der Waals surface area contributed by atoms with Crippen LogP contribution in [0.25, 0.3) is 11.3 Å². The first kappa shape index (κ1) is 20.2. The van der Waals surface area contributed by atoms with E-state index in [1.54, 1.807) is 12.2 Å². The van der Waals surface area contributed by atoms with Gasteiger partial charge in [0.1, 0.15) is 17.3 Å². The fourth-order valence-electron chi connectivity index (χ4n) is 3.14. The number of nitrogens with one attached hydrogen (secondary N) is 1. The summed E-state index contributed by atoms with van der Waals surface area (Å²) < 4.78 is 12.7. The average Bonchev–Trinajstić information content (AvgIpc) is 3.37. The number of aromatic nitrogens is 4. The molecule has 0 amide bonds. The van der Waals surface area contributed by atoms with Gasteiger partial charge in [-0.15, -0.1) is 5.10 Å². The van der Waals surface area contributed by atoms with Gasteiger partial charge in [0.25, 0.3) is 0 Å². The predicted molar refractivity (Wildman–Crippen MR) is 116 cm³/mol. The second kappa shape index (κ2) is 7.97. The second-order valence-electron chi connectivity index (χ2n) is 7.88. The van der Waals surface area contributed by atoms with Gasteiger partial charge in [-0.1, -0.05) is 18.2 Å². The van der Waals surface area contributed by atoms with Gasteiger partial charge in [-0.3, -0.25) is 0 Å². The van der Waals surface area contributed by atoms with Crippen LogP contribution < -0.4 is 15.8 Å². The number of nitrogens with zero attached hydrogens (tertiary/aromatic N) is 4. The van der Waals surface area contributed by atoms with Crippen molar-refractivity contribution in [3.8, 4) is 11.4 Å². The van der Waals surface area contributed by atoms with Crippen LogP contribution in [0.3, 0.4) is 0 Å². The standard InChI is InChI=1S/C22H22N6O3/c1-22(2,3)31-15-9-7-14(8-10-15)28-20(23)26-21(27-28)25-18-6-4-5-16(17(18)12-29)19-11-24-13-30-19/h4-11,13,18H,1-3H3,(H3,23,25,26,27). The largest absolute Gasteiger partial charge is 0.488 e. The smallest absolute Gasteiger partial charge is 0.245 e. The Morgan fingerprint density at radius 3 is 2.68 bits per heavy atom. The first-order valence-electron chi connectivity index (χ1n) is 9.65. The fourth-order valence-corrected chi connectivity index (χ4v) is 3.14. The topological polar surface area (TPSA) is 121 Å². The molecule has 9 heteroatoms. The van der Waals surface area contributed by atoms with E-state index in [2.05, 4.69) is 20.4 Å². The van der Waals surface area contributed by atoms with Gasteiger partial charge in [0.2, 0.25) is 11.9 Å². The third kappa shape index (κ3) is 4.41. The molecular weight excluding hydrogens is 396 g/mol. The molecule has 0 saturated heterocycles. The maximum atomic E-state index is 11.7. The number of nitrogen functional groups attached to an aromatic ring is 1. The summed E-state index contributed by atoms with van der Waals surface area (Å²) in [5.74, 6) is 3.68. The number of carbonyl (C=O) groups excluding carboxylic acids is 1. The highest BCUT2D eigenvalue weighted by Gasteiger charge is 2.24. The van der Waals surface area contributed by atoms with Crippen molar-refractivity contribution >= 4 is 23.4 Å². The molecule has 2 aromatic heterocycles. The Hall–Kier alpha value is -4.10. The average molecular weight is 418 g/mol. The molecule has 1 aromatic carbocycles. The Morgan fingerprint density at radius 1 is 1.26 bits per heavy atom.